The first-order valence-corrected chi connectivity index (χ1v) is 3.91. The molecular weight excluding hydrogens is 156 g/mol. The van der Waals surface area contributed by atoms with Crippen LogP contribution in [0.2, 0.25) is 0 Å². The molecule has 0 heterocycles. The van der Waals surface area contributed by atoms with E-state index in [9.17, 15) is 9.59 Å². The lowest BCUT2D eigenvalue weighted by molar-refractivity contribution is -0.124. The summed E-state index contributed by atoms with van der Waals surface area (Å²) in [6, 6.07) is 0. The van der Waals surface area contributed by atoms with E-state index in [1.165, 1.54) is 0 Å². The van der Waals surface area contributed by atoms with Crippen LogP contribution in [0.4, 0.5) is 0 Å². The average molecular weight is 172 g/mol. The fourth-order valence-electron chi connectivity index (χ4n) is 0.916. The molecule has 2 N–H and O–H groups in total. The van der Waals surface area contributed by atoms with Crippen LogP contribution in [-0.4, -0.2) is 19.2 Å². The molecule has 0 aliphatic heterocycles. The third-order valence-corrected chi connectivity index (χ3v) is 1.54. The highest BCUT2D eigenvalue weighted by Gasteiger charge is 2.20. The van der Waals surface area contributed by atoms with Crippen LogP contribution in [0.25, 0.3) is 0 Å². The van der Waals surface area contributed by atoms with Crippen LogP contribution in [0.15, 0.2) is 0 Å². The first-order valence-electron chi connectivity index (χ1n) is 3.91. The molecule has 70 valence electrons. The first kappa shape index (κ1) is 11.1. The number of hydrazine groups is 1. The lowest BCUT2D eigenvalue weighted by Crippen LogP contribution is -2.36. The quantitative estimate of drug-likeness (QED) is 0.461. The van der Waals surface area contributed by atoms with Crippen molar-refractivity contribution in [2.45, 2.75) is 26.7 Å². The molecule has 4 nitrogen and oxygen atoms in total. The van der Waals surface area contributed by atoms with Gasteiger partial charge in [-0.05, 0) is 5.41 Å². The number of rotatable bonds is 5. The Hall–Kier alpha value is -0.900. The van der Waals surface area contributed by atoms with E-state index in [2.05, 4.69) is 10.9 Å². The standard InChI is InChI=1S/C8H16N2O2/c1-8(2,4-5-11)6-7(12)10-9-3/h5,9H,4,6H2,1-3H3,(H,10,12). The smallest absolute Gasteiger partial charge is 0.234 e. The van der Waals surface area contributed by atoms with Gasteiger partial charge in [0.2, 0.25) is 5.91 Å². The Morgan fingerprint density at radius 2 is 2.08 bits per heavy atom. The third kappa shape index (κ3) is 4.85. The molecule has 0 aliphatic carbocycles. The van der Waals surface area contributed by atoms with Crippen molar-refractivity contribution in [3.05, 3.63) is 0 Å². The number of aldehydes is 1. The van der Waals surface area contributed by atoms with Gasteiger partial charge in [0, 0.05) is 19.9 Å². The molecule has 0 aromatic heterocycles. The van der Waals surface area contributed by atoms with E-state index >= 15 is 0 Å². The lowest BCUT2D eigenvalue weighted by atomic mass is 9.86. The van der Waals surface area contributed by atoms with E-state index in [4.69, 9.17) is 0 Å². The summed E-state index contributed by atoms with van der Waals surface area (Å²) in [6.07, 6.45) is 1.60. The van der Waals surface area contributed by atoms with Crippen molar-refractivity contribution >= 4 is 12.2 Å². The summed E-state index contributed by atoms with van der Waals surface area (Å²) in [4.78, 5) is 21.3. The minimum Gasteiger partial charge on any atom is -0.303 e. The Kier molecular flexibility index (Phi) is 4.51. The molecule has 0 unspecified atom stereocenters. The SMILES string of the molecule is CNNC(=O)CC(C)(C)CC=O. The number of hydrogen-bond donors (Lipinski definition) is 2. The predicted octanol–water partition coefficient (Wildman–Crippen LogP) is 0.242. The summed E-state index contributed by atoms with van der Waals surface area (Å²) in [5.74, 6) is -0.0932. The molecule has 0 atom stereocenters. The molecule has 0 aromatic carbocycles. The fraction of sp³-hybridized carbons (Fsp3) is 0.750. The van der Waals surface area contributed by atoms with E-state index in [1.807, 2.05) is 13.8 Å². The van der Waals surface area contributed by atoms with Gasteiger partial charge in [0.15, 0.2) is 0 Å². The van der Waals surface area contributed by atoms with Gasteiger partial charge in [0.05, 0.1) is 0 Å². The molecular formula is C8H16N2O2. The highest BCUT2D eigenvalue weighted by atomic mass is 16.2. The van der Waals surface area contributed by atoms with Gasteiger partial charge in [-0.1, -0.05) is 13.8 Å². The lowest BCUT2D eigenvalue weighted by Gasteiger charge is -2.20. The van der Waals surface area contributed by atoms with Gasteiger partial charge < -0.3 is 4.79 Å². The Balaban J connectivity index is 3.87. The topological polar surface area (TPSA) is 58.2 Å². The van der Waals surface area contributed by atoms with E-state index in [-0.39, 0.29) is 11.3 Å². The minimum atomic E-state index is -0.247. The summed E-state index contributed by atoms with van der Waals surface area (Å²) in [5, 5.41) is 0. The van der Waals surface area contributed by atoms with Crippen LogP contribution in [0, 0.1) is 5.41 Å². The van der Waals surface area contributed by atoms with Gasteiger partial charge in [-0.25, -0.2) is 5.43 Å². The molecule has 0 saturated heterocycles. The highest BCUT2D eigenvalue weighted by Crippen LogP contribution is 2.22. The van der Waals surface area contributed by atoms with Crippen LogP contribution in [-0.2, 0) is 9.59 Å². The zero-order chi connectivity index (χ0) is 9.61. The molecule has 12 heavy (non-hydrogen) atoms. The second-order valence-electron chi connectivity index (χ2n) is 3.51. The summed E-state index contributed by atoms with van der Waals surface area (Å²) >= 11 is 0. The zero-order valence-corrected chi connectivity index (χ0v) is 7.81. The maximum Gasteiger partial charge on any atom is 0.234 e. The minimum absolute atomic E-state index is 0.0932. The molecule has 0 aromatic rings. The van der Waals surface area contributed by atoms with E-state index in [1.54, 1.807) is 7.05 Å². The van der Waals surface area contributed by atoms with Crippen molar-refractivity contribution in [2.24, 2.45) is 5.41 Å². The van der Waals surface area contributed by atoms with Crippen LogP contribution in [0.3, 0.4) is 0 Å². The highest BCUT2D eigenvalue weighted by molar-refractivity contribution is 5.76. The van der Waals surface area contributed by atoms with E-state index < -0.39 is 0 Å². The van der Waals surface area contributed by atoms with Crippen LogP contribution in [0.1, 0.15) is 26.7 Å². The molecule has 0 bridgehead atoms. The van der Waals surface area contributed by atoms with E-state index in [0.717, 1.165) is 6.29 Å². The average Bonchev–Trinajstić information content (AvgIpc) is 1.85. The summed E-state index contributed by atoms with van der Waals surface area (Å²) < 4.78 is 0. The summed E-state index contributed by atoms with van der Waals surface area (Å²) in [7, 11) is 1.63. The number of hydrogen-bond acceptors (Lipinski definition) is 3. The molecule has 0 fully saturated rings. The first-order chi connectivity index (χ1) is 5.52. The van der Waals surface area contributed by atoms with Gasteiger partial charge >= 0.3 is 0 Å². The molecule has 4 heteroatoms. The molecule has 0 spiro atoms. The van der Waals surface area contributed by atoms with Crippen molar-refractivity contribution in [1.82, 2.24) is 10.9 Å². The van der Waals surface area contributed by atoms with E-state index in [0.29, 0.717) is 12.8 Å². The van der Waals surface area contributed by atoms with Gasteiger partial charge in [0.1, 0.15) is 6.29 Å². The molecule has 0 radical (unpaired) electrons. The maximum atomic E-state index is 11.0. The normalized spacial score (nSPS) is 10.9. The van der Waals surface area contributed by atoms with Gasteiger partial charge in [-0.3, -0.25) is 10.2 Å². The second kappa shape index (κ2) is 4.87. The van der Waals surface area contributed by atoms with Crippen molar-refractivity contribution in [3.8, 4) is 0 Å². The van der Waals surface area contributed by atoms with Gasteiger partial charge in [0.25, 0.3) is 0 Å². The maximum absolute atomic E-state index is 11.0. The Morgan fingerprint density at radius 1 is 1.50 bits per heavy atom. The fourth-order valence-corrected chi connectivity index (χ4v) is 0.916. The van der Waals surface area contributed by atoms with Crippen molar-refractivity contribution in [1.29, 1.82) is 0 Å². The Bertz CT molecular complexity index is 166. The Morgan fingerprint density at radius 3 is 2.50 bits per heavy atom. The summed E-state index contributed by atoms with van der Waals surface area (Å²) in [5.41, 5.74) is 4.75. The largest absolute Gasteiger partial charge is 0.303 e. The predicted molar refractivity (Wildman–Crippen MR) is 46.3 cm³/mol. The Labute approximate surface area is 72.7 Å². The van der Waals surface area contributed by atoms with Gasteiger partial charge in [-0.15, -0.1) is 0 Å². The van der Waals surface area contributed by atoms with Crippen LogP contribution >= 0.6 is 0 Å². The second-order valence-corrected chi connectivity index (χ2v) is 3.51. The van der Waals surface area contributed by atoms with Gasteiger partial charge in [-0.2, -0.15) is 0 Å². The molecule has 1 amide bonds. The number of amides is 1. The molecule has 0 rings (SSSR count). The molecule has 0 saturated carbocycles. The van der Waals surface area contributed by atoms with Crippen LogP contribution < -0.4 is 10.9 Å². The third-order valence-electron chi connectivity index (χ3n) is 1.54. The monoisotopic (exact) mass is 172 g/mol. The number of carbonyl (C=O) groups excluding carboxylic acids is 2. The zero-order valence-electron chi connectivity index (χ0n) is 7.81. The number of carbonyl (C=O) groups is 2. The molecule has 0 aliphatic rings. The number of nitrogens with one attached hydrogen (secondary N) is 2. The summed E-state index contributed by atoms with van der Waals surface area (Å²) in [6.45, 7) is 3.77. The van der Waals surface area contributed by atoms with Crippen molar-refractivity contribution < 1.29 is 9.59 Å². The van der Waals surface area contributed by atoms with Crippen molar-refractivity contribution in [2.75, 3.05) is 7.05 Å². The van der Waals surface area contributed by atoms with Crippen molar-refractivity contribution in [3.63, 3.8) is 0 Å². The van der Waals surface area contributed by atoms with Crippen LogP contribution in [0.5, 0.6) is 0 Å².